The van der Waals surface area contributed by atoms with E-state index in [1.54, 1.807) is 22.8 Å². The summed E-state index contributed by atoms with van der Waals surface area (Å²) < 4.78 is 1.63. The predicted octanol–water partition coefficient (Wildman–Crippen LogP) is 4.58. The average Bonchev–Trinajstić information content (AvgIpc) is 3.06. The predicted molar refractivity (Wildman–Crippen MR) is 112 cm³/mol. The quantitative estimate of drug-likeness (QED) is 0.475. The lowest BCUT2D eigenvalue weighted by Gasteiger charge is -2.10. The van der Waals surface area contributed by atoms with Crippen LogP contribution in [0.15, 0.2) is 60.8 Å². The molecule has 2 aromatic carbocycles. The molecule has 4 N–H and O–H groups in total. The summed E-state index contributed by atoms with van der Waals surface area (Å²) in [5.74, 6) is 0.368. The molecule has 0 atom stereocenters. The lowest BCUT2D eigenvalue weighted by atomic mass is 10.1. The zero-order chi connectivity index (χ0) is 19.7. The Morgan fingerprint density at radius 3 is 2.64 bits per heavy atom. The molecule has 2 aromatic heterocycles. The molecule has 0 bridgehead atoms. The number of nitrogen functional groups attached to an aromatic ring is 1. The monoisotopic (exact) mass is 392 g/mol. The zero-order valence-electron chi connectivity index (χ0n) is 15.0. The van der Waals surface area contributed by atoms with Gasteiger partial charge in [-0.2, -0.15) is 0 Å². The first kappa shape index (κ1) is 17.8. The number of carbonyl (C=O) groups excluding carboxylic acids is 1. The molecule has 2 amide bonds. The first-order valence-corrected chi connectivity index (χ1v) is 8.93. The number of halogens is 1. The summed E-state index contributed by atoms with van der Waals surface area (Å²) in [7, 11) is 0. The van der Waals surface area contributed by atoms with E-state index in [0.29, 0.717) is 22.2 Å². The summed E-state index contributed by atoms with van der Waals surface area (Å²) >= 11 is 6.15. The molecule has 28 heavy (non-hydrogen) atoms. The highest BCUT2D eigenvalue weighted by Crippen LogP contribution is 2.28. The molecule has 8 heteroatoms. The number of benzene rings is 2. The van der Waals surface area contributed by atoms with E-state index in [4.69, 9.17) is 17.3 Å². The van der Waals surface area contributed by atoms with E-state index in [1.165, 1.54) is 0 Å². The van der Waals surface area contributed by atoms with Gasteiger partial charge in [-0.15, -0.1) is 5.10 Å². The zero-order valence-corrected chi connectivity index (χ0v) is 15.7. The van der Waals surface area contributed by atoms with E-state index in [9.17, 15) is 4.79 Å². The number of fused-ring (bicyclic) bond motifs is 1. The first-order chi connectivity index (χ1) is 13.5. The topological polar surface area (TPSA) is 97.3 Å². The molecule has 2 heterocycles. The van der Waals surface area contributed by atoms with Crippen molar-refractivity contribution in [3.8, 4) is 11.1 Å². The molecular weight excluding hydrogens is 376 g/mol. The molecule has 4 aromatic rings. The molecule has 0 unspecified atom stereocenters. The number of nitrogens with one attached hydrogen (secondary N) is 2. The van der Waals surface area contributed by atoms with Gasteiger partial charge in [0, 0.05) is 17.4 Å². The summed E-state index contributed by atoms with van der Waals surface area (Å²) in [6.45, 7) is 1.94. The second kappa shape index (κ2) is 7.21. The minimum atomic E-state index is -0.371. The molecule has 0 fully saturated rings. The maximum absolute atomic E-state index is 12.2. The molecule has 0 aliphatic carbocycles. The van der Waals surface area contributed by atoms with Crippen LogP contribution < -0.4 is 16.4 Å². The van der Waals surface area contributed by atoms with Gasteiger partial charge in [0.2, 0.25) is 0 Å². The standard InChI is InChI=1S/C20H17ClN6O/c1-12-4-9-17(16(21)11-12)24-20(28)23-14-7-5-13(6-8-14)15-3-2-10-27-18(15)19(22)25-26-27/h2-11H,22H2,1H3,(H2,23,24,28). The summed E-state index contributed by atoms with van der Waals surface area (Å²) in [4.78, 5) is 12.2. The third-order valence-electron chi connectivity index (χ3n) is 4.29. The molecule has 0 spiro atoms. The Balaban J connectivity index is 1.51. The molecule has 0 saturated heterocycles. The molecule has 0 radical (unpaired) electrons. The number of hydrogen-bond acceptors (Lipinski definition) is 4. The molecular formula is C20H17ClN6O. The summed E-state index contributed by atoms with van der Waals surface area (Å²) in [5, 5.41) is 13.9. The maximum atomic E-state index is 12.2. The number of anilines is 3. The van der Waals surface area contributed by atoms with Crippen LogP contribution in [-0.4, -0.2) is 20.9 Å². The van der Waals surface area contributed by atoms with Gasteiger partial charge in [-0.1, -0.05) is 41.1 Å². The van der Waals surface area contributed by atoms with Gasteiger partial charge in [0.1, 0.15) is 5.52 Å². The number of nitrogens with zero attached hydrogens (tertiary/aromatic N) is 3. The van der Waals surface area contributed by atoms with Gasteiger partial charge in [0.05, 0.1) is 10.7 Å². The van der Waals surface area contributed by atoms with Crippen molar-refractivity contribution in [2.45, 2.75) is 6.92 Å². The SMILES string of the molecule is Cc1ccc(NC(=O)Nc2ccc(-c3cccn4nnc(N)c34)cc2)c(Cl)c1. The molecule has 0 aliphatic heterocycles. The number of aryl methyl sites for hydroxylation is 1. The average molecular weight is 393 g/mol. The third-order valence-corrected chi connectivity index (χ3v) is 4.61. The van der Waals surface area contributed by atoms with Gasteiger partial charge >= 0.3 is 6.03 Å². The van der Waals surface area contributed by atoms with Gasteiger partial charge in [0.15, 0.2) is 5.82 Å². The van der Waals surface area contributed by atoms with Gasteiger partial charge < -0.3 is 16.4 Å². The minimum Gasteiger partial charge on any atom is -0.380 e. The van der Waals surface area contributed by atoms with Crippen LogP contribution >= 0.6 is 11.6 Å². The lowest BCUT2D eigenvalue weighted by Crippen LogP contribution is -2.19. The lowest BCUT2D eigenvalue weighted by molar-refractivity contribution is 0.262. The van der Waals surface area contributed by atoms with Crippen LogP contribution in [0.1, 0.15) is 5.56 Å². The Morgan fingerprint density at radius 2 is 1.89 bits per heavy atom. The van der Waals surface area contributed by atoms with Gasteiger partial charge in [-0.3, -0.25) is 0 Å². The van der Waals surface area contributed by atoms with Crippen LogP contribution in [0.3, 0.4) is 0 Å². The van der Waals surface area contributed by atoms with Crippen molar-refractivity contribution < 1.29 is 4.79 Å². The van der Waals surface area contributed by atoms with E-state index in [2.05, 4.69) is 20.9 Å². The highest BCUT2D eigenvalue weighted by Gasteiger charge is 2.11. The van der Waals surface area contributed by atoms with Crippen molar-refractivity contribution in [3.05, 3.63) is 71.4 Å². The van der Waals surface area contributed by atoms with E-state index < -0.39 is 0 Å². The van der Waals surface area contributed by atoms with Gasteiger partial charge in [-0.25, -0.2) is 9.31 Å². The number of aromatic nitrogens is 3. The third kappa shape index (κ3) is 3.47. The summed E-state index contributed by atoms with van der Waals surface area (Å²) in [6, 6.07) is 16.3. The summed E-state index contributed by atoms with van der Waals surface area (Å²) in [6.07, 6.45) is 1.79. The van der Waals surface area contributed by atoms with E-state index in [0.717, 1.165) is 22.2 Å². The van der Waals surface area contributed by atoms with Crippen LogP contribution in [0.5, 0.6) is 0 Å². The van der Waals surface area contributed by atoms with Crippen molar-refractivity contribution in [1.82, 2.24) is 14.8 Å². The molecule has 0 saturated carbocycles. The van der Waals surface area contributed by atoms with Crippen LogP contribution in [0.4, 0.5) is 22.0 Å². The highest BCUT2D eigenvalue weighted by atomic mass is 35.5. The van der Waals surface area contributed by atoms with Crippen molar-refractivity contribution in [2.24, 2.45) is 0 Å². The van der Waals surface area contributed by atoms with Crippen molar-refractivity contribution >= 4 is 40.3 Å². The Morgan fingerprint density at radius 1 is 1.11 bits per heavy atom. The molecule has 7 nitrogen and oxygen atoms in total. The smallest absolute Gasteiger partial charge is 0.323 e. The Labute approximate surface area is 166 Å². The van der Waals surface area contributed by atoms with Crippen molar-refractivity contribution in [1.29, 1.82) is 0 Å². The summed E-state index contributed by atoms with van der Waals surface area (Å²) in [5.41, 5.74) is 10.8. The fraction of sp³-hybridized carbons (Fsp3) is 0.0500. The number of amides is 2. The first-order valence-electron chi connectivity index (χ1n) is 8.55. The fourth-order valence-electron chi connectivity index (χ4n) is 2.94. The van der Waals surface area contributed by atoms with Crippen molar-refractivity contribution in [3.63, 3.8) is 0 Å². The Bertz CT molecular complexity index is 1170. The normalized spacial score (nSPS) is 10.8. The maximum Gasteiger partial charge on any atom is 0.323 e. The Kier molecular flexibility index (Phi) is 4.58. The number of hydrogen-bond donors (Lipinski definition) is 3. The van der Waals surface area contributed by atoms with Crippen LogP contribution in [0, 0.1) is 6.92 Å². The number of rotatable bonds is 3. The minimum absolute atomic E-state index is 0.368. The molecule has 140 valence electrons. The number of pyridine rings is 1. The van der Waals surface area contributed by atoms with Gasteiger partial charge in [0.25, 0.3) is 0 Å². The number of urea groups is 1. The Hall–Kier alpha value is -3.58. The molecule has 4 rings (SSSR count). The van der Waals surface area contributed by atoms with Crippen LogP contribution in [0.25, 0.3) is 16.6 Å². The van der Waals surface area contributed by atoms with Gasteiger partial charge in [-0.05, 0) is 48.4 Å². The highest BCUT2D eigenvalue weighted by molar-refractivity contribution is 6.33. The van der Waals surface area contributed by atoms with Crippen molar-refractivity contribution in [2.75, 3.05) is 16.4 Å². The van der Waals surface area contributed by atoms with E-state index in [1.807, 2.05) is 49.4 Å². The second-order valence-electron chi connectivity index (χ2n) is 6.33. The van der Waals surface area contributed by atoms with E-state index in [-0.39, 0.29) is 6.03 Å². The van der Waals surface area contributed by atoms with Crippen LogP contribution in [0.2, 0.25) is 5.02 Å². The number of nitrogens with two attached hydrogens (primary N) is 1. The molecule has 0 aliphatic rings. The number of carbonyl (C=O) groups is 1. The fourth-order valence-corrected chi connectivity index (χ4v) is 3.23. The largest absolute Gasteiger partial charge is 0.380 e. The second-order valence-corrected chi connectivity index (χ2v) is 6.74. The van der Waals surface area contributed by atoms with E-state index >= 15 is 0 Å². The van der Waals surface area contributed by atoms with Crippen LogP contribution in [-0.2, 0) is 0 Å².